The summed E-state index contributed by atoms with van der Waals surface area (Å²) in [6.45, 7) is 2.39. The Morgan fingerprint density at radius 2 is 1.77 bits per heavy atom. The standard InChI is InChI=1S/C29H27ClN2O6S/c1-3-4-15-38-23-9-12-25(13-10-23)39(35,36)31-27(29(33)34)16-21-19-32(18-20-5-7-22(30)8-6-20)28-14-11-24(37-2)17-26(21)28/h5-14,17,19,27,31H,15-16,18H2,1-2H3,(H,33,34)/t27-/m0/s1. The van der Waals surface area contributed by atoms with Crippen LogP contribution in [0.5, 0.6) is 11.5 Å². The zero-order valence-electron chi connectivity index (χ0n) is 21.3. The Kier molecular flexibility index (Phi) is 8.82. The van der Waals surface area contributed by atoms with Crippen LogP contribution < -0.4 is 14.2 Å². The number of rotatable bonds is 11. The number of fused-ring (bicyclic) bond motifs is 1. The Bertz CT molecular complexity index is 1640. The van der Waals surface area contributed by atoms with Crippen molar-refractivity contribution in [3.8, 4) is 23.3 Å². The van der Waals surface area contributed by atoms with Crippen LogP contribution in [0.15, 0.2) is 77.8 Å². The highest BCUT2D eigenvalue weighted by molar-refractivity contribution is 7.89. The highest BCUT2D eigenvalue weighted by atomic mass is 35.5. The Morgan fingerprint density at radius 3 is 2.41 bits per heavy atom. The van der Waals surface area contributed by atoms with E-state index in [-0.39, 0.29) is 17.9 Å². The first kappa shape index (κ1) is 28.0. The second kappa shape index (κ2) is 12.3. The molecule has 0 radical (unpaired) electrons. The summed E-state index contributed by atoms with van der Waals surface area (Å²) in [5.41, 5.74) is 2.52. The number of nitrogens with zero attached hydrogens (tertiary/aromatic N) is 1. The summed E-state index contributed by atoms with van der Waals surface area (Å²) in [6, 6.07) is 17.3. The quantitative estimate of drug-likeness (QED) is 0.254. The summed E-state index contributed by atoms with van der Waals surface area (Å²) in [6.07, 6.45) is 1.76. The van der Waals surface area contributed by atoms with E-state index in [2.05, 4.69) is 16.6 Å². The Balaban J connectivity index is 1.61. The first-order valence-electron chi connectivity index (χ1n) is 12.0. The van der Waals surface area contributed by atoms with Crippen molar-refractivity contribution in [2.75, 3.05) is 13.7 Å². The van der Waals surface area contributed by atoms with Gasteiger partial charge in [-0.1, -0.05) is 29.7 Å². The lowest BCUT2D eigenvalue weighted by atomic mass is 10.1. The molecule has 8 nitrogen and oxygen atoms in total. The highest BCUT2D eigenvalue weighted by Crippen LogP contribution is 2.28. The maximum Gasteiger partial charge on any atom is 0.322 e. The number of hydrogen-bond donors (Lipinski definition) is 2. The Morgan fingerprint density at radius 1 is 1.08 bits per heavy atom. The van der Waals surface area contributed by atoms with Gasteiger partial charge in [0.05, 0.1) is 12.0 Å². The first-order valence-corrected chi connectivity index (χ1v) is 13.8. The van der Waals surface area contributed by atoms with Gasteiger partial charge < -0.3 is 19.1 Å². The van der Waals surface area contributed by atoms with E-state index in [0.717, 1.165) is 16.5 Å². The number of aliphatic carboxylic acids is 1. The number of nitrogens with one attached hydrogen (secondary N) is 1. The van der Waals surface area contributed by atoms with Gasteiger partial charge in [-0.05, 0) is 72.6 Å². The van der Waals surface area contributed by atoms with Crippen molar-refractivity contribution in [2.45, 2.75) is 30.8 Å². The molecule has 0 aliphatic rings. The highest BCUT2D eigenvalue weighted by Gasteiger charge is 2.27. The molecule has 0 saturated heterocycles. The van der Waals surface area contributed by atoms with E-state index in [1.807, 2.05) is 41.1 Å². The average molecular weight is 567 g/mol. The number of carbonyl (C=O) groups is 1. The fourth-order valence-corrected chi connectivity index (χ4v) is 5.43. The lowest BCUT2D eigenvalue weighted by Crippen LogP contribution is -2.42. The molecule has 1 atom stereocenters. The van der Waals surface area contributed by atoms with Crippen LogP contribution in [0.3, 0.4) is 0 Å². The molecular formula is C29H27ClN2O6S. The molecule has 1 heterocycles. The van der Waals surface area contributed by atoms with Crippen LogP contribution in [0.2, 0.25) is 5.02 Å². The third-order valence-electron chi connectivity index (χ3n) is 6.08. The van der Waals surface area contributed by atoms with E-state index < -0.39 is 22.0 Å². The molecule has 0 spiro atoms. The van der Waals surface area contributed by atoms with Gasteiger partial charge in [0.15, 0.2) is 0 Å². The molecule has 1 aromatic heterocycles. The molecule has 2 N–H and O–H groups in total. The molecular weight excluding hydrogens is 540 g/mol. The number of hydrogen-bond acceptors (Lipinski definition) is 5. The molecule has 10 heteroatoms. The van der Waals surface area contributed by atoms with Gasteiger partial charge in [0.1, 0.15) is 24.1 Å². The summed E-state index contributed by atoms with van der Waals surface area (Å²) in [4.78, 5) is 12.1. The summed E-state index contributed by atoms with van der Waals surface area (Å²) in [5, 5.41) is 11.3. The van der Waals surface area contributed by atoms with Crippen LogP contribution in [-0.4, -0.2) is 43.8 Å². The van der Waals surface area contributed by atoms with Crippen LogP contribution in [0, 0.1) is 11.8 Å². The van der Waals surface area contributed by atoms with Gasteiger partial charge in [0.25, 0.3) is 0 Å². The lowest BCUT2D eigenvalue weighted by Gasteiger charge is -2.15. The normalized spacial score (nSPS) is 12.0. The largest absolute Gasteiger partial charge is 0.497 e. The molecule has 4 aromatic rings. The molecule has 0 bridgehead atoms. The minimum Gasteiger partial charge on any atom is -0.497 e. The molecule has 0 amide bonds. The van der Waals surface area contributed by atoms with Gasteiger partial charge in [0.2, 0.25) is 10.0 Å². The zero-order valence-corrected chi connectivity index (χ0v) is 22.9. The SMILES string of the molecule is CC#CCOc1ccc(S(=O)(=O)N[C@@H](Cc2cn(Cc3ccc(Cl)cc3)c3ccc(OC)cc23)C(=O)O)cc1. The van der Waals surface area contributed by atoms with Gasteiger partial charge in [0, 0.05) is 35.1 Å². The molecule has 4 rings (SSSR count). The number of methoxy groups -OCH3 is 1. The summed E-state index contributed by atoms with van der Waals surface area (Å²) in [7, 11) is -2.59. The number of aromatic nitrogens is 1. The Labute approximate surface area is 232 Å². The molecule has 39 heavy (non-hydrogen) atoms. The third-order valence-corrected chi connectivity index (χ3v) is 7.82. The molecule has 0 fully saturated rings. The Hall–Kier alpha value is -3.97. The topological polar surface area (TPSA) is 107 Å². The van der Waals surface area contributed by atoms with Gasteiger partial charge in [-0.2, -0.15) is 4.72 Å². The molecule has 0 saturated carbocycles. The zero-order chi connectivity index (χ0) is 28.0. The van der Waals surface area contributed by atoms with Crippen LogP contribution in [-0.2, 0) is 27.8 Å². The summed E-state index contributed by atoms with van der Waals surface area (Å²) >= 11 is 6.02. The monoisotopic (exact) mass is 566 g/mol. The van der Waals surface area contributed by atoms with Crippen LogP contribution >= 0.6 is 11.6 Å². The number of halogens is 1. The molecule has 0 aliphatic heterocycles. The van der Waals surface area contributed by atoms with Crippen molar-refractivity contribution in [2.24, 2.45) is 0 Å². The number of carboxylic acid groups (broad SMARTS) is 1. The fraction of sp³-hybridized carbons (Fsp3) is 0.207. The van der Waals surface area contributed by atoms with Crippen LogP contribution in [0.4, 0.5) is 0 Å². The summed E-state index contributed by atoms with van der Waals surface area (Å²) in [5.74, 6) is 5.23. The van der Waals surface area contributed by atoms with Crippen molar-refractivity contribution in [3.63, 3.8) is 0 Å². The second-order valence-electron chi connectivity index (χ2n) is 8.69. The molecule has 0 aliphatic carbocycles. The predicted octanol–water partition coefficient (Wildman–Crippen LogP) is 4.73. The average Bonchev–Trinajstić information content (AvgIpc) is 3.25. The van der Waals surface area contributed by atoms with E-state index in [0.29, 0.717) is 28.6 Å². The number of benzene rings is 3. The predicted molar refractivity (Wildman–Crippen MR) is 150 cm³/mol. The first-order chi connectivity index (χ1) is 18.7. The molecule has 202 valence electrons. The van der Waals surface area contributed by atoms with E-state index >= 15 is 0 Å². The van der Waals surface area contributed by atoms with Crippen molar-refractivity contribution in [1.82, 2.24) is 9.29 Å². The molecule has 3 aromatic carbocycles. The number of carboxylic acids is 1. The maximum atomic E-state index is 13.1. The van der Waals surface area contributed by atoms with Gasteiger partial charge in [-0.15, -0.1) is 5.92 Å². The smallest absolute Gasteiger partial charge is 0.322 e. The van der Waals surface area contributed by atoms with E-state index in [4.69, 9.17) is 21.1 Å². The van der Waals surface area contributed by atoms with Crippen LogP contribution in [0.25, 0.3) is 10.9 Å². The van der Waals surface area contributed by atoms with E-state index in [9.17, 15) is 18.3 Å². The fourth-order valence-electron chi connectivity index (χ4n) is 4.12. The summed E-state index contributed by atoms with van der Waals surface area (Å²) < 4.78 is 41.3. The number of ether oxygens (including phenoxy) is 2. The number of sulfonamides is 1. The lowest BCUT2D eigenvalue weighted by molar-refractivity contribution is -0.138. The minimum atomic E-state index is -4.14. The van der Waals surface area contributed by atoms with E-state index in [1.165, 1.54) is 24.3 Å². The maximum absolute atomic E-state index is 13.1. The van der Waals surface area contributed by atoms with Crippen molar-refractivity contribution >= 4 is 38.5 Å². The van der Waals surface area contributed by atoms with Crippen LogP contribution in [0.1, 0.15) is 18.1 Å². The van der Waals surface area contributed by atoms with Crippen molar-refractivity contribution in [1.29, 1.82) is 0 Å². The third kappa shape index (κ3) is 6.92. The van der Waals surface area contributed by atoms with Crippen molar-refractivity contribution < 1.29 is 27.8 Å². The van der Waals surface area contributed by atoms with Gasteiger partial charge in [-0.25, -0.2) is 8.42 Å². The van der Waals surface area contributed by atoms with E-state index in [1.54, 1.807) is 26.2 Å². The van der Waals surface area contributed by atoms with Crippen molar-refractivity contribution in [3.05, 3.63) is 89.1 Å². The van der Waals surface area contributed by atoms with Gasteiger partial charge >= 0.3 is 5.97 Å². The second-order valence-corrected chi connectivity index (χ2v) is 10.8. The molecule has 0 unspecified atom stereocenters. The minimum absolute atomic E-state index is 0.0745. The van der Waals surface area contributed by atoms with Gasteiger partial charge in [-0.3, -0.25) is 4.79 Å².